The molecule has 0 amide bonds. The third-order valence-electron chi connectivity index (χ3n) is 3.25. The molecule has 0 nitrogen and oxygen atoms in total. The molecule has 0 heteroatoms. The first-order chi connectivity index (χ1) is 7.80. The van der Waals surface area contributed by atoms with E-state index < -0.39 is 0 Å². The molecule has 0 heterocycles. The molecule has 0 aliphatic heterocycles. The molecule has 0 aromatic heterocycles. The van der Waals surface area contributed by atoms with Crippen LogP contribution in [0.5, 0.6) is 0 Å². The SMILES string of the molecule is C=Cc1cccc(CC(CC)CCCC)c1. The van der Waals surface area contributed by atoms with E-state index in [1.807, 2.05) is 6.08 Å². The van der Waals surface area contributed by atoms with E-state index in [-0.39, 0.29) is 0 Å². The van der Waals surface area contributed by atoms with Crippen molar-refractivity contribution in [1.82, 2.24) is 0 Å². The maximum atomic E-state index is 3.82. The first-order valence-electron chi connectivity index (χ1n) is 6.51. The molecule has 1 aromatic rings. The van der Waals surface area contributed by atoms with Gasteiger partial charge in [-0.1, -0.05) is 76.5 Å². The fourth-order valence-corrected chi connectivity index (χ4v) is 2.12. The van der Waals surface area contributed by atoms with Crippen LogP contribution in [0.4, 0.5) is 0 Å². The lowest BCUT2D eigenvalue weighted by atomic mass is 9.91. The van der Waals surface area contributed by atoms with Crippen LogP contribution < -0.4 is 0 Å². The van der Waals surface area contributed by atoms with Crippen LogP contribution in [0.15, 0.2) is 30.8 Å². The highest BCUT2D eigenvalue weighted by Crippen LogP contribution is 2.19. The minimum atomic E-state index is 0.847. The summed E-state index contributed by atoms with van der Waals surface area (Å²) >= 11 is 0. The zero-order valence-electron chi connectivity index (χ0n) is 10.7. The van der Waals surface area contributed by atoms with Gasteiger partial charge in [0.15, 0.2) is 0 Å². The Morgan fingerprint density at radius 3 is 2.75 bits per heavy atom. The molecule has 0 saturated carbocycles. The normalized spacial score (nSPS) is 12.4. The molecular formula is C16H24. The molecule has 1 atom stereocenters. The molecule has 0 radical (unpaired) electrons. The van der Waals surface area contributed by atoms with Gasteiger partial charge in [-0.3, -0.25) is 0 Å². The van der Waals surface area contributed by atoms with Crippen LogP contribution in [0.2, 0.25) is 0 Å². The van der Waals surface area contributed by atoms with E-state index >= 15 is 0 Å². The summed E-state index contributed by atoms with van der Waals surface area (Å²) in [6.07, 6.45) is 8.47. The van der Waals surface area contributed by atoms with E-state index in [0.29, 0.717) is 0 Å². The van der Waals surface area contributed by atoms with Gasteiger partial charge in [-0.05, 0) is 23.5 Å². The van der Waals surface area contributed by atoms with E-state index in [1.54, 1.807) is 0 Å². The fourth-order valence-electron chi connectivity index (χ4n) is 2.12. The molecule has 1 aromatic carbocycles. The molecule has 0 spiro atoms. The molecule has 0 fully saturated rings. The Labute approximate surface area is 100 Å². The van der Waals surface area contributed by atoms with Gasteiger partial charge in [-0.2, -0.15) is 0 Å². The van der Waals surface area contributed by atoms with E-state index in [4.69, 9.17) is 0 Å². The molecule has 0 aliphatic carbocycles. The monoisotopic (exact) mass is 216 g/mol. The van der Waals surface area contributed by atoms with E-state index in [0.717, 1.165) is 5.92 Å². The number of hydrogen-bond donors (Lipinski definition) is 0. The Morgan fingerprint density at radius 2 is 2.12 bits per heavy atom. The highest BCUT2D eigenvalue weighted by Gasteiger charge is 2.06. The van der Waals surface area contributed by atoms with Crippen molar-refractivity contribution in [3.8, 4) is 0 Å². The van der Waals surface area contributed by atoms with Crippen LogP contribution >= 0.6 is 0 Å². The lowest BCUT2D eigenvalue weighted by Gasteiger charge is -2.14. The summed E-state index contributed by atoms with van der Waals surface area (Å²) in [4.78, 5) is 0. The van der Waals surface area contributed by atoms with Crippen molar-refractivity contribution in [2.75, 3.05) is 0 Å². The van der Waals surface area contributed by atoms with Crippen LogP contribution in [0.25, 0.3) is 6.08 Å². The quantitative estimate of drug-likeness (QED) is 0.595. The molecular weight excluding hydrogens is 192 g/mol. The predicted octanol–water partition coefficient (Wildman–Crippen LogP) is 5.09. The topological polar surface area (TPSA) is 0 Å². The van der Waals surface area contributed by atoms with Gasteiger partial charge >= 0.3 is 0 Å². The molecule has 1 unspecified atom stereocenters. The minimum absolute atomic E-state index is 0.847. The van der Waals surface area contributed by atoms with Gasteiger partial charge in [0.1, 0.15) is 0 Å². The van der Waals surface area contributed by atoms with E-state index in [2.05, 4.69) is 44.7 Å². The average Bonchev–Trinajstić information content (AvgIpc) is 2.34. The third-order valence-corrected chi connectivity index (χ3v) is 3.25. The molecule has 0 saturated heterocycles. The fraction of sp³-hybridized carbons (Fsp3) is 0.500. The Bertz CT molecular complexity index is 312. The summed E-state index contributed by atoms with van der Waals surface area (Å²) in [6.45, 7) is 8.39. The van der Waals surface area contributed by atoms with Gasteiger partial charge in [0.25, 0.3) is 0 Å². The minimum Gasteiger partial charge on any atom is -0.0985 e. The highest BCUT2D eigenvalue weighted by atomic mass is 14.1. The van der Waals surface area contributed by atoms with Crippen LogP contribution in [-0.2, 0) is 6.42 Å². The Hall–Kier alpha value is -1.04. The van der Waals surface area contributed by atoms with Crippen molar-refractivity contribution in [1.29, 1.82) is 0 Å². The summed E-state index contributed by atoms with van der Waals surface area (Å²) in [6, 6.07) is 8.76. The summed E-state index contributed by atoms with van der Waals surface area (Å²) in [5.41, 5.74) is 2.70. The van der Waals surface area contributed by atoms with Crippen molar-refractivity contribution < 1.29 is 0 Å². The molecule has 0 aliphatic rings. The van der Waals surface area contributed by atoms with Gasteiger partial charge in [0.05, 0.1) is 0 Å². The third kappa shape index (κ3) is 4.22. The molecule has 16 heavy (non-hydrogen) atoms. The molecule has 88 valence electrons. The van der Waals surface area contributed by atoms with Gasteiger partial charge in [-0.25, -0.2) is 0 Å². The number of unbranched alkanes of at least 4 members (excludes halogenated alkanes) is 1. The molecule has 0 bridgehead atoms. The highest BCUT2D eigenvalue weighted by molar-refractivity contribution is 5.47. The van der Waals surface area contributed by atoms with Crippen LogP contribution in [-0.4, -0.2) is 0 Å². The van der Waals surface area contributed by atoms with Crippen molar-refractivity contribution in [3.63, 3.8) is 0 Å². The van der Waals surface area contributed by atoms with Gasteiger partial charge in [0.2, 0.25) is 0 Å². The smallest absolute Gasteiger partial charge is 0.0250 e. The maximum Gasteiger partial charge on any atom is -0.0250 e. The van der Waals surface area contributed by atoms with Crippen molar-refractivity contribution in [2.24, 2.45) is 5.92 Å². The van der Waals surface area contributed by atoms with Crippen molar-refractivity contribution in [3.05, 3.63) is 42.0 Å². The Morgan fingerprint density at radius 1 is 1.31 bits per heavy atom. The van der Waals surface area contributed by atoms with Crippen LogP contribution in [0.3, 0.4) is 0 Å². The van der Waals surface area contributed by atoms with Gasteiger partial charge < -0.3 is 0 Å². The largest absolute Gasteiger partial charge is 0.0985 e. The second-order valence-corrected chi connectivity index (χ2v) is 4.57. The van der Waals surface area contributed by atoms with Crippen molar-refractivity contribution in [2.45, 2.75) is 46.0 Å². The Balaban J connectivity index is 2.58. The standard InChI is InChI=1S/C16H24/c1-4-7-9-14(5-2)12-16-11-8-10-15(6-3)13-16/h6,8,10-11,13-14H,3-5,7,9,12H2,1-2H3. The van der Waals surface area contributed by atoms with Gasteiger partial charge in [0, 0.05) is 0 Å². The Kier molecular flexibility index (Phi) is 5.92. The summed E-state index contributed by atoms with van der Waals surface area (Å²) in [5.74, 6) is 0.847. The molecule has 1 rings (SSSR count). The molecule has 0 N–H and O–H groups in total. The first kappa shape index (κ1) is 13.0. The number of rotatable bonds is 7. The lowest BCUT2D eigenvalue weighted by molar-refractivity contribution is 0.449. The summed E-state index contributed by atoms with van der Waals surface area (Å²) in [7, 11) is 0. The zero-order chi connectivity index (χ0) is 11.8. The summed E-state index contributed by atoms with van der Waals surface area (Å²) in [5, 5.41) is 0. The van der Waals surface area contributed by atoms with Crippen LogP contribution in [0, 0.1) is 5.92 Å². The van der Waals surface area contributed by atoms with E-state index in [1.165, 1.54) is 43.2 Å². The predicted molar refractivity (Wildman–Crippen MR) is 73.5 cm³/mol. The average molecular weight is 216 g/mol. The van der Waals surface area contributed by atoms with Crippen LogP contribution in [0.1, 0.15) is 50.7 Å². The van der Waals surface area contributed by atoms with Gasteiger partial charge in [-0.15, -0.1) is 0 Å². The van der Waals surface area contributed by atoms with E-state index in [9.17, 15) is 0 Å². The number of hydrogen-bond acceptors (Lipinski definition) is 0. The second kappa shape index (κ2) is 7.27. The second-order valence-electron chi connectivity index (χ2n) is 4.57. The lowest BCUT2D eigenvalue weighted by Crippen LogP contribution is -2.03. The zero-order valence-corrected chi connectivity index (χ0v) is 10.7. The first-order valence-corrected chi connectivity index (χ1v) is 6.51. The number of benzene rings is 1. The van der Waals surface area contributed by atoms with Crippen molar-refractivity contribution >= 4 is 6.08 Å². The maximum absolute atomic E-state index is 3.82. The summed E-state index contributed by atoms with van der Waals surface area (Å²) < 4.78 is 0.